The van der Waals surface area contributed by atoms with Crippen molar-refractivity contribution in [2.24, 2.45) is 0 Å². The highest BCUT2D eigenvalue weighted by Crippen LogP contribution is 2.48. The van der Waals surface area contributed by atoms with Gasteiger partial charge in [-0.3, -0.25) is 4.79 Å². The van der Waals surface area contributed by atoms with Crippen LogP contribution in [-0.2, 0) is 16.8 Å². The van der Waals surface area contributed by atoms with Crippen molar-refractivity contribution in [1.82, 2.24) is 20.7 Å². The molecule has 1 aromatic carbocycles. The third kappa shape index (κ3) is 2.94. The average Bonchev–Trinajstić information content (AvgIpc) is 3.12. The standard InChI is InChI=1S/C18H18N4O4/c1-11-20-21-16(25-11)10-19-17(23)18(6-7-18)15-9-14(26-22-15)12-4-3-5-13(8-12)24-2/h3-5,8-9H,6-7,10H2,1-2H3,(H,19,23). The van der Waals surface area contributed by atoms with Crippen LogP contribution in [0.25, 0.3) is 11.3 Å². The molecule has 1 aliphatic rings. The third-order valence-corrected chi connectivity index (χ3v) is 4.51. The Kier molecular flexibility index (Phi) is 3.95. The maximum absolute atomic E-state index is 12.7. The Balaban J connectivity index is 1.50. The minimum Gasteiger partial charge on any atom is -0.497 e. The topological polar surface area (TPSA) is 103 Å². The number of methoxy groups -OCH3 is 1. The molecule has 8 nitrogen and oxygen atoms in total. The van der Waals surface area contributed by atoms with E-state index < -0.39 is 5.41 Å². The van der Waals surface area contributed by atoms with Crippen LogP contribution in [0.3, 0.4) is 0 Å². The zero-order valence-electron chi connectivity index (χ0n) is 14.5. The smallest absolute Gasteiger partial charge is 0.235 e. The van der Waals surface area contributed by atoms with Crippen LogP contribution in [0, 0.1) is 6.92 Å². The van der Waals surface area contributed by atoms with Crippen LogP contribution in [-0.4, -0.2) is 28.4 Å². The monoisotopic (exact) mass is 354 g/mol. The summed E-state index contributed by atoms with van der Waals surface area (Å²) in [6.07, 6.45) is 1.46. The lowest BCUT2D eigenvalue weighted by Gasteiger charge is -2.10. The van der Waals surface area contributed by atoms with Crippen molar-refractivity contribution in [2.75, 3.05) is 7.11 Å². The van der Waals surface area contributed by atoms with E-state index >= 15 is 0 Å². The molecule has 2 aromatic heterocycles. The zero-order chi connectivity index (χ0) is 18.1. The number of rotatable bonds is 6. The Labute approximate surface area is 149 Å². The Bertz CT molecular complexity index is 942. The number of ether oxygens (including phenoxy) is 1. The van der Waals surface area contributed by atoms with Crippen molar-refractivity contribution >= 4 is 5.91 Å². The van der Waals surface area contributed by atoms with Crippen LogP contribution >= 0.6 is 0 Å². The molecule has 1 fully saturated rings. The highest BCUT2D eigenvalue weighted by molar-refractivity contribution is 5.90. The molecule has 1 aliphatic carbocycles. The number of benzene rings is 1. The fourth-order valence-corrected chi connectivity index (χ4v) is 2.87. The number of carbonyl (C=O) groups excluding carboxylic acids is 1. The Morgan fingerprint density at radius 3 is 2.85 bits per heavy atom. The highest BCUT2D eigenvalue weighted by Gasteiger charge is 2.53. The van der Waals surface area contributed by atoms with Crippen LogP contribution in [0.5, 0.6) is 5.75 Å². The SMILES string of the molecule is COc1cccc(-c2cc(C3(C(=O)NCc4nnc(C)o4)CC3)no2)c1. The van der Waals surface area contributed by atoms with Crippen LogP contribution < -0.4 is 10.1 Å². The van der Waals surface area contributed by atoms with E-state index in [4.69, 9.17) is 13.7 Å². The Morgan fingerprint density at radius 1 is 1.31 bits per heavy atom. The fraction of sp³-hybridized carbons (Fsp3) is 0.333. The van der Waals surface area contributed by atoms with Crippen LogP contribution in [0.1, 0.15) is 30.3 Å². The number of hydrogen-bond acceptors (Lipinski definition) is 7. The fourth-order valence-electron chi connectivity index (χ4n) is 2.87. The highest BCUT2D eigenvalue weighted by atomic mass is 16.5. The number of aromatic nitrogens is 3. The number of nitrogens with one attached hydrogen (secondary N) is 1. The van der Waals surface area contributed by atoms with Gasteiger partial charge in [0.15, 0.2) is 5.76 Å². The minimum atomic E-state index is -0.643. The normalized spacial score (nSPS) is 14.8. The number of amides is 1. The number of nitrogens with zero attached hydrogens (tertiary/aromatic N) is 3. The summed E-state index contributed by atoms with van der Waals surface area (Å²) in [5, 5.41) is 14.6. The molecule has 1 amide bonds. The second kappa shape index (κ2) is 6.29. The van der Waals surface area contributed by atoms with E-state index in [1.807, 2.05) is 30.3 Å². The van der Waals surface area contributed by atoms with Gasteiger partial charge in [-0.15, -0.1) is 10.2 Å². The quantitative estimate of drug-likeness (QED) is 0.725. The van der Waals surface area contributed by atoms with E-state index in [9.17, 15) is 4.79 Å². The number of carbonyl (C=O) groups is 1. The van der Waals surface area contributed by atoms with Gasteiger partial charge < -0.3 is 19.0 Å². The van der Waals surface area contributed by atoms with E-state index in [1.54, 1.807) is 14.0 Å². The van der Waals surface area contributed by atoms with E-state index in [0.29, 0.717) is 23.2 Å². The molecule has 3 aromatic rings. The number of aryl methyl sites for hydroxylation is 1. The van der Waals surface area contributed by atoms with Crippen LogP contribution in [0.4, 0.5) is 0 Å². The summed E-state index contributed by atoms with van der Waals surface area (Å²) in [4.78, 5) is 12.7. The van der Waals surface area contributed by atoms with Crippen LogP contribution in [0.15, 0.2) is 39.3 Å². The van der Waals surface area contributed by atoms with Gasteiger partial charge >= 0.3 is 0 Å². The first kappa shape index (κ1) is 16.3. The lowest BCUT2D eigenvalue weighted by molar-refractivity contribution is -0.124. The summed E-state index contributed by atoms with van der Waals surface area (Å²) < 4.78 is 16.0. The average molecular weight is 354 g/mol. The summed E-state index contributed by atoms with van der Waals surface area (Å²) in [5.41, 5.74) is 0.838. The first-order valence-corrected chi connectivity index (χ1v) is 8.30. The molecule has 0 radical (unpaired) electrons. The van der Waals surface area contributed by atoms with Gasteiger partial charge in [0.05, 0.1) is 24.8 Å². The molecular formula is C18H18N4O4. The van der Waals surface area contributed by atoms with Crippen molar-refractivity contribution in [3.8, 4) is 17.1 Å². The Morgan fingerprint density at radius 2 is 2.15 bits per heavy atom. The van der Waals surface area contributed by atoms with Gasteiger partial charge in [-0.2, -0.15) is 0 Å². The molecule has 0 atom stereocenters. The molecule has 1 N–H and O–H groups in total. The van der Waals surface area contributed by atoms with E-state index in [-0.39, 0.29) is 12.5 Å². The van der Waals surface area contributed by atoms with Gasteiger partial charge in [-0.1, -0.05) is 17.3 Å². The van der Waals surface area contributed by atoms with Crippen molar-refractivity contribution in [3.05, 3.63) is 47.8 Å². The van der Waals surface area contributed by atoms with Gasteiger partial charge in [0, 0.05) is 18.6 Å². The molecule has 2 heterocycles. The van der Waals surface area contributed by atoms with Crippen molar-refractivity contribution < 1.29 is 18.5 Å². The maximum Gasteiger partial charge on any atom is 0.235 e. The first-order chi connectivity index (χ1) is 12.6. The largest absolute Gasteiger partial charge is 0.497 e. The van der Waals surface area contributed by atoms with Gasteiger partial charge in [0.25, 0.3) is 0 Å². The summed E-state index contributed by atoms with van der Waals surface area (Å²) in [7, 11) is 1.61. The lowest BCUT2D eigenvalue weighted by Crippen LogP contribution is -2.34. The summed E-state index contributed by atoms with van der Waals surface area (Å²) >= 11 is 0. The predicted octanol–water partition coefficient (Wildman–Crippen LogP) is 2.39. The first-order valence-electron chi connectivity index (χ1n) is 8.30. The molecule has 134 valence electrons. The van der Waals surface area contributed by atoms with Crippen molar-refractivity contribution in [3.63, 3.8) is 0 Å². The summed E-state index contributed by atoms with van der Waals surface area (Å²) in [6.45, 7) is 1.90. The molecular weight excluding hydrogens is 336 g/mol. The third-order valence-electron chi connectivity index (χ3n) is 4.51. The molecule has 0 bridgehead atoms. The van der Waals surface area contributed by atoms with E-state index in [1.165, 1.54) is 0 Å². The molecule has 0 unspecified atom stereocenters. The van der Waals surface area contributed by atoms with Crippen molar-refractivity contribution in [2.45, 2.75) is 31.7 Å². The predicted molar refractivity (Wildman–Crippen MR) is 90.3 cm³/mol. The summed E-state index contributed by atoms with van der Waals surface area (Å²) in [6, 6.07) is 9.32. The molecule has 4 rings (SSSR count). The van der Waals surface area contributed by atoms with Gasteiger partial charge in [0.1, 0.15) is 5.75 Å². The van der Waals surface area contributed by atoms with E-state index in [2.05, 4.69) is 20.7 Å². The summed E-state index contributed by atoms with van der Waals surface area (Å²) in [5.74, 6) is 2.07. The van der Waals surface area contributed by atoms with E-state index in [0.717, 1.165) is 24.2 Å². The molecule has 0 aliphatic heterocycles. The number of hydrogen-bond donors (Lipinski definition) is 1. The molecule has 26 heavy (non-hydrogen) atoms. The zero-order valence-corrected chi connectivity index (χ0v) is 14.5. The molecule has 1 saturated carbocycles. The second-order valence-electron chi connectivity index (χ2n) is 6.29. The van der Waals surface area contributed by atoms with Crippen LogP contribution in [0.2, 0.25) is 0 Å². The molecule has 8 heteroatoms. The molecule has 0 spiro atoms. The molecule has 0 saturated heterocycles. The van der Waals surface area contributed by atoms with Crippen molar-refractivity contribution in [1.29, 1.82) is 0 Å². The lowest BCUT2D eigenvalue weighted by atomic mass is 10.0. The Hall–Kier alpha value is -3.16. The maximum atomic E-state index is 12.7. The van der Waals surface area contributed by atoms with Gasteiger partial charge in [-0.05, 0) is 25.0 Å². The second-order valence-corrected chi connectivity index (χ2v) is 6.29. The minimum absolute atomic E-state index is 0.112. The van der Waals surface area contributed by atoms with Gasteiger partial charge in [0.2, 0.25) is 17.7 Å². The van der Waals surface area contributed by atoms with Gasteiger partial charge in [-0.25, -0.2) is 0 Å².